The molecule has 2 aromatic heterocycles. The van der Waals surface area contributed by atoms with Crippen LogP contribution < -0.4 is 0 Å². The van der Waals surface area contributed by atoms with E-state index < -0.39 is 0 Å². The Labute approximate surface area is 169 Å². The first-order valence-corrected chi connectivity index (χ1v) is 12.6. The molecule has 0 saturated carbocycles. The zero-order valence-electron chi connectivity index (χ0n) is 17.1. The van der Waals surface area contributed by atoms with Crippen LogP contribution in [0.4, 0.5) is 0 Å². The van der Waals surface area contributed by atoms with Gasteiger partial charge < -0.3 is 0 Å². The summed E-state index contributed by atoms with van der Waals surface area (Å²) >= 11 is 3.94. The number of unbranched alkanes of at least 4 members (excludes halogenated alkanes) is 2. The Morgan fingerprint density at radius 1 is 0.846 bits per heavy atom. The maximum Gasteiger partial charge on any atom is 0.0486 e. The number of thiophene rings is 2. The van der Waals surface area contributed by atoms with Gasteiger partial charge in [-0.05, 0) is 58.7 Å². The van der Waals surface area contributed by atoms with Crippen LogP contribution in [-0.4, -0.2) is 0 Å². The molecule has 0 radical (unpaired) electrons. The molecule has 0 saturated heterocycles. The molecular formula is C24H36S2. The molecule has 0 aliphatic heterocycles. The Hall–Kier alpha value is -0.600. The van der Waals surface area contributed by atoms with Crippen LogP contribution in [0, 0.1) is 11.8 Å². The normalized spacial score (nSPS) is 17.1. The predicted molar refractivity (Wildman–Crippen MR) is 120 cm³/mol. The molecule has 144 valence electrons. The van der Waals surface area contributed by atoms with Gasteiger partial charge >= 0.3 is 0 Å². The van der Waals surface area contributed by atoms with E-state index in [1.54, 1.807) is 20.9 Å². The number of hydrogen-bond donors (Lipinski definition) is 0. The van der Waals surface area contributed by atoms with Gasteiger partial charge in [0.05, 0.1) is 0 Å². The van der Waals surface area contributed by atoms with Gasteiger partial charge in [0.25, 0.3) is 0 Å². The van der Waals surface area contributed by atoms with Gasteiger partial charge in [0, 0.05) is 15.2 Å². The number of hydrogen-bond acceptors (Lipinski definition) is 2. The van der Waals surface area contributed by atoms with Gasteiger partial charge in [-0.25, -0.2) is 0 Å². The molecule has 2 aromatic rings. The largest absolute Gasteiger partial charge is 0.143 e. The van der Waals surface area contributed by atoms with Crippen molar-refractivity contribution in [2.24, 2.45) is 11.8 Å². The smallest absolute Gasteiger partial charge is 0.0486 e. The van der Waals surface area contributed by atoms with Crippen LogP contribution in [0.2, 0.25) is 0 Å². The van der Waals surface area contributed by atoms with E-state index in [0.717, 1.165) is 11.8 Å². The molecule has 2 atom stereocenters. The van der Waals surface area contributed by atoms with Crippen molar-refractivity contribution in [1.29, 1.82) is 0 Å². The molecule has 2 heterocycles. The van der Waals surface area contributed by atoms with E-state index in [-0.39, 0.29) is 5.41 Å². The molecule has 2 unspecified atom stereocenters. The Bertz CT molecular complexity index is 638. The molecule has 0 aromatic carbocycles. The third-order valence-electron chi connectivity index (χ3n) is 6.50. The van der Waals surface area contributed by atoms with E-state index in [1.165, 1.54) is 57.8 Å². The summed E-state index contributed by atoms with van der Waals surface area (Å²) in [6.45, 7) is 9.57. The fourth-order valence-corrected chi connectivity index (χ4v) is 7.26. The third kappa shape index (κ3) is 3.83. The Balaban J connectivity index is 1.95. The lowest BCUT2D eigenvalue weighted by Crippen LogP contribution is -2.30. The fraction of sp³-hybridized carbons (Fsp3) is 0.667. The minimum absolute atomic E-state index is 0.284. The first kappa shape index (κ1) is 20.1. The first-order chi connectivity index (χ1) is 12.7. The monoisotopic (exact) mass is 388 g/mol. The summed E-state index contributed by atoms with van der Waals surface area (Å²) in [5.74, 6) is 1.66. The molecule has 1 aliphatic carbocycles. The lowest BCUT2D eigenvalue weighted by atomic mass is 9.66. The summed E-state index contributed by atoms with van der Waals surface area (Å²) in [7, 11) is 0. The van der Waals surface area contributed by atoms with Crippen molar-refractivity contribution < 1.29 is 0 Å². The van der Waals surface area contributed by atoms with Gasteiger partial charge in [0.1, 0.15) is 0 Å². The quantitative estimate of drug-likeness (QED) is 0.360. The lowest BCUT2D eigenvalue weighted by molar-refractivity contribution is 0.279. The Morgan fingerprint density at radius 3 is 1.96 bits per heavy atom. The number of fused-ring (bicyclic) bond motifs is 3. The highest BCUT2D eigenvalue weighted by atomic mass is 32.1. The molecule has 0 bridgehead atoms. The van der Waals surface area contributed by atoms with Crippen molar-refractivity contribution in [3.05, 3.63) is 34.0 Å². The number of rotatable bonds is 11. The van der Waals surface area contributed by atoms with Crippen LogP contribution >= 0.6 is 22.7 Å². The lowest BCUT2D eigenvalue weighted by Gasteiger charge is -2.37. The molecule has 0 nitrogen and oxygen atoms in total. The van der Waals surface area contributed by atoms with E-state index in [2.05, 4.69) is 50.6 Å². The summed E-state index contributed by atoms with van der Waals surface area (Å²) in [6.07, 6.45) is 12.2. The van der Waals surface area contributed by atoms with Gasteiger partial charge in [-0.3, -0.25) is 0 Å². The SMILES string of the molecule is CCCCC(C)CC1(CC(CC)CCCC)c2ccsc2-c2sccc21. The highest BCUT2D eigenvalue weighted by molar-refractivity contribution is 7.21. The molecule has 0 N–H and O–H groups in total. The maximum absolute atomic E-state index is 2.50. The summed E-state index contributed by atoms with van der Waals surface area (Å²) in [5.41, 5.74) is 3.62. The van der Waals surface area contributed by atoms with E-state index in [0.29, 0.717) is 0 Å². The molecule has 0 fully saturated rings. The Morgan fingerprint density at radius 2 is 1.42 bits per heavy atom. The van der Waals surface area contributed by atoms with Crippen molar-refractivity contribution in [3.63, 3.8) is 0 Å². The molecule has 2 heteroatoms. The molecule has 26 heavy (non-hydrogen) atoms. The van der Waals surface area contributed by atoms with Crippen LogP contribution in [-0.2, 0) is 5.41 Å². The topological polar surface area (TPSA) is 0 Å². The second-order valence-electron chi connectivity index (χ2n) is 8.48. The molecule has 1 aliphatic rings. The zero-order valence-corrected chi connectivity index (χ0v) is 18.8. The van der Waals surface area contributed by atoms with Gasteiger partial charge in [0.2, 0.25) is 0 Å². The standard InChI is InChI=1S/C24H36S2/c1-5-8-10-18(4)16-24(17-19(7-3)11-9-6-2)20-12-14-25-22(20)23-21(24)13-15-26-23/h12-15,18-19H,5-11,16-17H2,1-4H3. The molecule has 0 amide bonds. The highest BCUT2D eigenvalue weighted by Gasteiger charge is 2.46. The van der Waals surface area contributed by atoms with Gasteiger partial charge in [0.15, 0.2) is 0 Å². The second-order valence-corrected chi connectivity index (χ2v) is 10.3. The average Bonchev–Trinajstić information content (AvgIpc) is 3.34. The molecule has 0 spiro atoms. The first-order valence-electron chi connectivity index (χ1n) is 10.8. The van der Waals surface area contributed by atoms with Crippen molar-refractivity contribution in [3.8, 4) is 9.75 Å². The van der Waals surface area contributed by atoms with E-state index in [9.17, 15) is 0 Å². The zero-order chi connectivity index (χ0) is 18.6. The van der Waals surface area contributed by atoms with Crippen molar-refractivity contribution in [2.45, 2.75) is 90.9 Å². The van der Waals surface area contributed by atoms with Crippen LogP contribution in [0.1, 0.15) is 96.6 Å². The molecule has 3 rings (SSSR count). The van der Waals surface area contributed by atoms with E-state index >= 15 is 0 Å². The van der Waals surface area contributed by atoms with Gasteiger partial charge in [-0.15, -0.1) is 22.7 Å². The predicted octanol–water partition coefficient (Wildman–Crippen LogP) is 8.90. The van der Waals surface area contributed by atoms with Crippen molar-refractivity contribution in [1.82, 2.24) is 0 Å². The van der Waals surface area contributed by atoms with Crippen molar-refractivity contribution in [2.75, 3.05) is 0 Å². The minimum atomic E-state index is 0.284. The summed E-state index contributed by atoms with van der Waals surface area (Å²) in [6, 6.07) is 4.93. The second kappa shape index (κ2) is 9.06. The van der Waals surface area contributed by atoms with Gasteiger partial charge in [-0.1, -0.05) is 72.6 Å². The summed E-state index contributed by atoms with van der Waals surface area (Å²) < 4.78 is 0. The van der Waals surface area contributed by atoms with Crippen LogP contribution in [0.5, 0.6) is 0 Å². The van der Waals surface area contributed by atoms with Crippen molar-refractivity contribution >= 4 is 22.7 Å². The molecular weight excluding hydrogens is 352 g/mol. The van der Waals surface area contributed by atoms with Gasteiger partial charge in [-0.2, -0.15) is 0 Å². The van der Waals surface area contributed by atoms with Crippen LogP contribution in [0.3, 0.4) is 0 Å². The third-order valence-corrected chi connectivity index (χ3v) is 8.49. The fourth-order valence-electron chi connectivity index (χ4n) is 5.08. The average molecular weight is 389 g/mol. The minimum Gasteiger partial charge on any atom is -0.143 e. The highest BCUT2D eigenvalue weighted by Crippen LogP contribution is 2.59. The van der Waals surface area contributed by atoms with Crippen LogP contribution in [0.15, 0.2) is 22.9 Å². The van der Waals surface area contributed by atoms with E-state index in [1.807, 2.05) is 22.7 Å². The summed E-state index contributed by atoms with van der Waals surface area (Å²) in [4.78, 5) is 3.17. The van der Waals surface area contributed by atoms with Crippen LogP contribution in [0.25, 0.3) is 9.75 Å². The van der Waals surface area contributed by atoms with E-state index in [4.69, 9.17) is 0 Å². The Kier molecular flexibility index (Phi) is 7.02. The summed E-state index contributed by atoms with van der Waals surface area (Å²) in [5, 5.41) is 4.68. The maximum atomic E-state index is 2.50.